The summed E-state index contributed by atoms with van der Waals surface area (Å²) in [5.74, 6) is 0.224. The highest BCUT2D eigenvalue weighted by Gasteiger charge is 2.22. The summed E-state index contributed by atoms with van der Waals surface area (Å²) in [6.45, 7) is 6.17. The summed E-state index contributed by atoms with van der Waals surface area (Å²) in [5.41, 5.74) is 1.49. The number of benzene rings is 1. The van der Waals surface area contributed by atoms with E-state index in [0.717, 1.165) is 16.5 Å². The molecule has 84 valence electrons. The highest BCUT2D eigenvalue weighted by molar-refractivity contribution is 6.35. The van der Waals surface area contributed by atoms with Gasteiger partial charge in [-0.3, -0.25) is 4.98 Å². The Morgan fingerprint density at radius 3 is 2.56 bits per heavy atom. The average molecular weight is 236 g/mol. The predicted molar refractivity (Wildman–Crippen MR) is 67.1 cm³/mol. The smallest absolute Gasteiger partial charge is 0.138 e. The van der Waals surface area contributed by atoms with Crippen molar-refractivity contribution in [2.75, 3.05) is 0 Å². The summed E-state index contributed by atoms with van der Waals surface area (Å²) < 4.78 is 0. The number of aromatic nitrogens is 1. The normalized spacial score (nSPS) is 12.0. The van der Waals surface area contributed by atoms with E-state index in [2.05, 4.69) is 25.8 Å². The molecule has 0 unspecified atom stereocenters. The minimum Gasteiger partial charge on any atom is -0.506 e. The Labute approximate surface area is 99.9 Å². The van der Waals surface area contributed by atoms with Gasteiger partial charge in [0.2, 0.25) is 0 Å². The van der Waals surface area contributed by atoms with Crippen molar-refractivity contribution in [1.29, 1.82) is 0 Å². The molecule has 1 N–H and O–H groups in total. The van der Waals surface area contributed by atoms with Gasteiger partial charge in [0.05, 0.1) is 16.7 Å². The lowest BCUT2D eigenvalue weighted by atomic mass is 9.84. The van der Waals surface area contributed by atoms with Crippen LogP contribution in [0.4, 0.5) is 0 Å². The quantitative estimate of drug-likeness (QED) is 0.752. The molecule has 2 nitrogen and oxygen atoms in total. The fourth-order valence-corrected chi connectivity index (χ4v) is 2.19. The number of para-hydroxylation sites is 1. The standard InChI is InChI=1S/C13H14ClNO/c1-13(2,3)11-8-5-4-6-9(14)12(8)15-7-10(11)16/h4-7,16H,1-3H3. The summed E-state index contributed by atoms with van der Waals surface area (Å²) in [5, 5.41) is 11.5. The van der Waals surface area contributed by atoms with Gasteiger partial charge in [-0.1, -0.05) is 44.5 Å². The zero-order chi connectivity index (χ0) is 11.9. The molecule has 0 fully saturated rings. The minimum atomic E-state index is -0.143. The highest BCUT2D eigenvalue weighted by Crippen LogP contribution is 2.37. The SMILES string of the molecule is CC(C)(C)c1c(O)cnc2c(Cl)cccc12. The lowest BCUT2D eigenvalue weighted by Crippen LogP contribution is -2.12. The van der Waals surface area contributed by atoms with Crippen LogP contribution in [0.25, 0.3) is 10.9 Å². The molecular weight excluding hydrogens is 222 g/mol. The molecule has 0 atom stereocenters. The highest BCUT2D eigenvalue weighted by atomic mass is 35.5. The fraction of sp³-hybridized carbons (Fsp3) is 0.308. The van der Waals surface area contributed by atoms with Crippen LogP contribution in [-0.4, -0.2) is 10.1 Å². The summed E-state index contributed by atoms with van der Waals surface area (Å²) >= 11 is 6.09. The topological polar surface area (TPSA) is 33.1 Å². The number of fused-ring (bicyclic) bond motifs is 1. The van der Waals surface area contributed by atoms with Gasteiger partial charge < -0.3 is 5.11 Å². The van der Waals surface area contributed by atoms with Crippen LogP contribution in [0.1, 0.15) is 26.3 Å². The number of nitrogens with zero attached hydrogens (tertiary/aromatic N) is 1. The van der Waals surface area contributed by atoms with Gasteiger partial charge in [0, 0.05) is 10.9 Å². The largest absolute Gasteiger partial charge is 0.506 e. The first-order chi connectivity index (χ1) is 7.41. The van der Waals surface area contributed by atoms with Crippen LogP contribution in [0.3, 0.4) is 0 Å². The van der Waals surface area contributed by atoms with E-state index in [4.69, 9.17) is 11.6 Å². The molecule has 0 aliphatic carbocycles. The Bertz CT molecular complexity index is 543. The van der Waals surface area contributed by atoms with E-state index in [1.165, 1.54) is 6.20 Å². The van der Waals surface area contributed by atoms with E-state index in [0.29, 0.717) is 5.02 Å². The molecule has 2 aromatic rings. The zero-order valence-corrected chi connectivity index (χ0v) is 10.3. The molecule has 0 spiro atoms. The lowest BCUT2D eigenvalue weighted by Gasteiger charge is -2.22. The van der Waals surface area contributed by atoms with E-state index >= 15 is 0 Å². The number of halogens is 1. The van der Waals surface area contributed by atoms with Crippen LogP contribution in [0.2, 0.25) is 5.02 Å². The van der Waals surface area contributed by atoms with Crippen LogP contribution in [0, 0.1) is 0 Å². The van der Waals surface area contributed by atoms with Crippen molar-refractivity contribution in [3.8, 4) is 5.75 Å². The van der Waals surface area contributed by atoms with Gasteiger partial charge in [-0.15, -0.1) is 0 Å². The molecule has 0 aliphatic rings. The van der Waals surface area contributed by atoms with Gasteiger partial charge >= 0.3 is 0 Å². The molecule has 1 aromatic heterocycles. The Balaban J connectivity index is 2.91. The van der Waals surface area contributed by atoms with Gasteiger partial charge in [-0.05, 0) is 11.5 Å². The lowest BCUT2D eigenvalue weighted by molar-refractivity contribution is 0.447. The van der Waals surface area contributed by atoms with E-state index in [1.807, 2.05) is 12.1 Å². The predicted octanol–water partition coefficient (Wildman–Crippen LogP) is 3.89. The van der Waals surface area contributed by atoms with Crippen LogP contribution < -0.4 is 0 Å². The van der Waals surface area contributed by atoms with Crippen molar-refractivity contribution >= 4 is 22.5 Å². The van der Waals surface area contributed by atoms with E-state index in [-0.39, 0.29) is 11.2 Å². The molecule has 0 saturated carbocycles. The van der Waals surface area contributed by atoms with Crippen molar-refractivity contribution < 1.29 is 5.11 Å². The Morgan fingerprint density at radius 2 is 1.94 bits per heavy atom. The van der Waals surface area contributed by atoms with Crippen LogP contribution >= 0.6 is 11.6 Å². The van der Waals surface area contributed by atoms with Gasteiger partial charge in [-0.25, -0.2) is 0 Å². The van der Waals surface area contributed by atoms with Crippen molar-refractivity contribution in [3.05, 3.63) is 35.0 Å². The van der Waals surface area contributed by atoms with Gasteiger partial charge in [0.25, 0.3) is 0 Å². The molecule has 16 heavy (non-hydrogen) atoms. The van der Waals surface area contributed by atoms with Crippen LogP contribution in [0.5, 0.6) is 5.75 Å². The molecular formula is C13H14ClNO. The Kier molecular flexibility index (Phi) is 2.55. The average Bonchev–Trinajstić information content (AvgIpc) is 2.15. The first-order valence-electron chi connectivity index (χ1n) is 5.18. The molecule has 0 radical (unpaired) electrons. The molecule has 0 amide bonds. The maximum Gasteiger partial charge on any atom is 0.138 e. The third kappa shape index (κ3) is 1.74. The molecule has 1 aromatic carbocycles. The third-order valence-corrected chi connectivity index (χ3v) is 2.88. The minimum absolute atomic E-state index is 0.143. The Morgan fingerprint density at radius 1 is 1.25 bits per heavy atom. The molecule has 0 bridgehead atoms. The summed E-state index contributed by atoms with van der Waals surface area (Å²) in [6, 6.07) is 5.62. The second-order valence-corrected chi connectivity index (χ2v) is 5.31. The Hall–Kier alpha value is -1.28. The maximum absolute atomic E-state index is 9.93. The van der Waals surface area contributed by atoms with Crippen LogP contribution in [0.15, 0.2) is 24.4 Å². The second kappa shape index (κ2) is 3.63. The zero-order valence-electron chi connectivity index (χ0n) is 9.58. The second-order valence-electron chi connectivity index (χ2n) is 4.90. The molecule has 1 heterocycles. The first-order valence-corrected chi connectivity index (χ1v) is 5.56. The number of aromatic hydroxyl groups is 1. The molecule has 2 rings (SSSR count). The number of hydrogen-bond acceptors (Lipinski definition) is 2. The van der Waals surface area contributed by atoms with Gasteiger partial charge in [0.1, 0.15) is 5.75 Å². The molecule has 0 aliphatic heterocycles. The number of hydrogen-bond donors (Lipinski definition) is 1. The van der Waals surface area contributed by atoms with E-state index in [9.17, 15) is 5.11 Å². The summed E-state index contributed by atoms with van der Waals surface area (Å²) in [4.78, 5) is 4.17. The summed E-state index contributed by atoms with van der Waals surface area (Å²) in [6.07, 6.45) is 1.47. The maximum atomic E-state index is 9.93. The van der Waals surface area contributed by atoms with E-state index < -0.39 is 0 Å². The van der Waals surface area contributed by atoms with Crippen LogP contribution in [-0.2, 0) is 5.41 Å². The fourth-order valence-electron chi connectivity index (χ4n) is 1.96. The first kappa shape index (κ1) is 11.2. The van der Waals surface area contributed by atoms with Crippen molar-refractivity contribution in [1.82, 2.24) is 4.98 Å². The van der Waals surface area contributed by atoms with Crippen molar-refractivity contribution in [2.24, 2.45) is 0 Å². The monoisotopic (exact) mass is 235 g/mol. The molecule has 0 saturated heterocycles. The molecule has 3 heteroatoms. The number of pyridine rings is 1. The van der Waals surface area contributed by atoms with Gasteiger partial charge in [-0.2, -0.15) is 0 Å². The van der Waals surface area contributed by atoms with E-state index in [1.54, 1.807) is 6.07 Å². The van der Waals surface area contributed by atoms with Gasteiger partial charge in [0.15, 0.2) is 0 Å². The van der Waals surface area contributed by atoms with Crippen molar-refractivity contribution in [2.45, 2.75) is 26.2 Å². The number of rotatable bonds is 0. The summed E-state index contributed by atoms with van der Waals surface area (Å²) in [7, 11) is 0. The van der Waals surface area contributed by atoms with Crippen molar-refractivity contribution in [3.63, 3.8) is 0 Å². The third-order valence-electron chi connectivity index (χ3n) is 2.58.